The van der Waals surface area contributed by atoms with Gasteiger partial charge in [0.05, 0.1) is 13.2 Å². The van der Waals surface area contributed by atoms with Crippen molar-refractivity contribution >= 4 is 23.3 Å². The maximum absolute atomic E-state index is 10.6. The Labute approximate surface area is 85.1 Å². The topological polar surface area (TPSA) is 62.7 Å². The van der Waals surface area contributed by atoms with Gasteiger partial charge in [0.25, 0.3) is 0 Å². The van der Waals surface area contributed by atoms with Gasteiger partial charge in [-0.25, -0.2) is 4.79 Å². The van der Waals surface area contributed by atoms with Crippen molar-refractivity contribution in [2.24, 2.45) is 0 Å². The number of anilines is 1. The highest BCUT2D eigenvalue weighted by Gasteiger charge is 2.16. The minimum absolute atomic E-state index is 0.284. The number of hydrogen-bond acceptors (Lipinski definition) is 5. The third kappa shape index (κ3) is 1.85. The summed E-state index contributed by atoms with van der Waals surface area (Å²) in [4.78, 5) is 12.9. The average molecular weight is 214 g/mol. The standard InChI is InChI=1S/C8H10N2O3S/c11-8(12)6-5-7(9-14-6)10-1-3-13-4-2-10/h5H,1-4H2,(H,11,12). The van der Waals surface area contributed by atoms with Crippen LogP contribution in [0.3, 0.4) is 0 Å². The SMILES string of the molecule is O=C(O)c1cc(N2CCOCC2)ns1. The molecule has 0 bridgehead atoms. The predicted molar refractivity (Wildman–Crippen MR) is 52.1 cm³/mol. The second-order valence-electron chi connectivity index (χ2n) is 2.95. The number of ether oxygens (including phenoxy) is 1. The summed E-state index contributed by atoms with van der Waals surface area (Å²) in [6, 6.07) is 1.61. The summed E-state index contributed by atoms with van der Waals surface area (Å²) in [6.45, 7) is 2.92. The minimum Gasteiger partial charge on any atom is -0.477 e. The number of morpholine rings is 1. The lowest BCUT2D eigenvalue weighted by Gasteiger charge is -2.26. The third-order valence-corrected chi connectivity index (χ3v) is 2.81. The molecule has 1 N–H and O–H groups in total. The summed E-state index contributed by atoms with van der Waals surface area (Å²) in [7, 11) is 0. The lowest BCUT2D eigenvalue weighted by molar-refractivity contribution is 0.0702. The van der Waals surface area contributed by atoms with Crippen molar-refractivity contribution in [1.82, 2.24) is 4.37 Å². The zero-order chi connectivity index (χ0) is 9.97. The fourth-order valence-electron chi connectivity index (χ4n) is 1.31. The molecular formula is C8H10N2O3S. The largest absolute Gasteiger partial charge is 0.477 e. The van der Waals surface area contributed by atoms with Crippen LogP contribution in [0.1, 0.15) is 9.67 Å². The van der Waals surface area contributed by atoms with E-state index in [0.717, 1.165) is 30.4 Å². The van der Waals surface area contributed by atoms with E-state index in [-0.39, 0.29) is 4.88 Å². The number of rotatable bonds is 2. The molecule has 0 unspecified atom stereocenters. The van der Waals surface area contributed by atoms with E-state index in [1.165, 1.54) is 0 Å². The Balaban J connectivity index is 2.11. The van der Waals surface area contributed by atoms with Crippen LogP contribution in [0.15, 0.2) is 6.07 Å². The van der Waals surface area contributed by atoms with Gasteiger partial charge >= 0.3 is 5.97 Å². The fraction of sp³-hybridized carbons (Fsp3) is 0.500. The first-order valence-corrected chi connectivity index (χ1v) is 5.07. The second-order valence-corrected chi connectivity index (χ2v) is 3.76. The van der Waals surface area contributed by atoms with Crippen molar-refractivity contribution in [3.05, 3.63) is 10.9 Å². The van der Waals surface area contributed by atoms with Crippen LogP contribution in [-0.2, 0) is 4.74 Å². The summed E-state index contributed by atoms with van der Waals surface area (Å²) in [5, 5.41) is 8.72. The number of carboxylic acids is 1. The molecule has 0 aromatic carbocycles. The maximum atomic E-state index is 10.6. The van der Waals surface area contributed by atoms with Gasteiger partial charge in [0.15, 0.2) is 0 Å². The zero-order valence-electron chi connectivity index (χ0n) is 7.47. The van der Waals surface area contributed by atoms with Gasteiger partial charge in [0.1, 0.15) is 10.7 Å². The molecule has 0 radical (unpaired) electrons. The Bertz CT molecular complexity index is 333. The summed E-state index contributed by atoms with van der Waals surface area (Å²) in [5.41, 5.74) is 0. The fourth-order valence-corrected chi connectivity index (χ4v) is 1.90. The van der Waals surface area contributed by atoms with Crippen LogP contribution in [0.5, 0.6) is 0 Å². The molecular weight excluding hydrogens is 204 g/mol. The molecule has 76 valence electrons. The number of carbonyl (C=O) groups is 1. The Hall–Kier alpha value is -1.14. The Morgan fingerprint density at radius 2 is 2.29 bits per heavy atom. The van der Waals surface area contributed by atoms with Crippen LogP contribution < -0.4 is 4.90 Å². The minimum atomic E-state index is -0.915. The van der Waals surface area contributed by atoms with Crippen LogP contribution in [0, 0.1) is 0 Å². The molecule has 0 aliphatic carbocycles. The monoisotopic (exact) mass is 214 g/mol. The molecule has 2 heterocycles. The van der Waals surface area contributed by atoms with E-state index in [9.17, 15) is 4.79 Å². The maximum Gasteiger partial charge on any atom is 0.347 e. The molecule has 5 nitrogen and oxygen atoms in total. The van der Waals surface area contributed by atoms with Gasteiger partial charge in [-0.1, -0.05) is 0 Å². The zero-order valence-corrected chi connectivity index (χ0v) is 8.29. The smallest absolute Gasteiger partial charge is 0.347 e. The highest BCUT2D eigenvalue weighted by molar-refractivity contribution is 7.08. The molecule has 1 aromatic heterocycles. The molecule has 14 heavy (non-hydrogen) atoms. The first kappa shape index (κ1) is 9.42. The molecule has 2 rings (SSSR count). The molecule has 1 aromatic rings. The first-order valence-electron chi connectivity index (χ1n) is 4.30. The van der Waals surface area contributed by atoms with Gasteiger partial charge < -0.3 is 14.7 Å². The number of aromatic nitrogens is 1. The highest BCUT2D eigenvalue weighted by Crippen LogP contribution is 2.19. The lowest BCUT2D eigenvalue weighted by Crippen LogP contribution is -2.36. The van der Waals surface area contributed by atoms with Crippen molar-refractivity contribution < 1.29 is 14.6 Å². The number of aromatic carboxylic acids is 1. The van der Waals surface area contributed by atoms with Crippen LogP contribution in [0.25, 0.3) is 0 Å². The Morgan fingerprint density at radius 1 is 1.57 bits per heavy atom. The summed E-state index contributed by atoms with van der Waals surface area (Å²) >= 11 is 1.02. The van der Waals surface area contributed by atoms with Crippen molar-refractivity contribution in [2.45, 2.75) is 0 Å². The third-order valence-electron chi connectivity index (χ3n) is 2.04. The van der Waals surface area contributed by atoms with Crippen molar-refractivity contribution in [3.8, 4) is 0 Å². The van der Waals surface area contributed by atoms with E-state index < -0.39 is 5.97 Å². The first-order chi connectivity index (χ1) is 6.77. The predicted octanol–water partition coefficient (Wildman–Crippen LogP) is 0.678. The van der Waals surface area contributed by atoms with E-state index in [1.54, 1.807) is 6.07 Å². The van der Waals surface area contributed by atoms with Gasteiger partial charge in [-0.15, -0.1) is 0 Å². The Kier molecular flexibility index (Phi) is 2.64. The molecule has 0 saturated carbocycles. The molecule has 1 fully saturated rings. The van der Waals surface area contributed by atoms with Gasteiger partial charge in [0, 0.05) is 19.2 Å². The van der Waals surface area contributed by atoms with Crippen LogP contribution in [0.4, 0.5) is 5.82 Å². The summed E-state index contributed by atoms with van der Waals surface area (Å²) < 4.78 is 9.29. The van der Waals surface area contributed by atoms with E-state index in [1.807, 2.05) is 4.90 Å². The van der Waals surface area contributed by atoms with Gasteiger partial charge in [-0.05, 0) is 11.5 Å². The second kappa shape index (κ2) is 3.93. The quantitative estimate of drug-likeness (QED) is 0.784. The van der Waals surface area contributed by atoms with E-state index >= 15 is 0 Å². The van der Waals surface area contributed by atoms with Gasteiger partial charge in [-0.2, -0.15) is 4.37 Å². The normalized spacial score (nSPS) is 17.0. The van der Waals surface area contributed by atoms with Crippen LogP contribution in [-0.4, -0.2) is 41.8 Å². The molecule has 0 spiro atoms. The molecule has 0 amide bonds. The van der Waals surface area contributed by atoms with Crippen molar-refractivity contribution in [1.29, 1.82) is 0 Å². The highest BCUT2D eigenvalue weighted by atomic mass is 32.1. The van der Waals surface area contributed by atoms with Crippen LogP contribution in [0.2, 0.25) is 0 Å². The Morgan fingerprint density at radius 3 is 2.86 bits per heavy atom. The number of nitrogens with zero attached hydrogens (tertiary/aromatic N) is 2. The number of carboxylic acid groups (broad SMARTS) is 1. The van der Waals surface area contributed by atoms with Gasteiger partial charge in [0.2, 0.25) is 0 Å². The molecule has 6 heteroatoms. The molecule has 0 atom stereocenters. The molecule has 1 aliphatic rings. The summed E-state index contributed by atoms with van der Waals surface area (Å²) in [5.74, 6) is -0.169. The molecule has 1 saturated heterocycles. The van der Waals surface area contributed by atoms with E-state index in [2.05, 4.69) is 4.37 Å². The lowest BCUT2D eigenvalue weighted by atomic mass is 10.4. The number of hydrogen-bond donors (Lipinski definition) is 1. The average Bonchev–Trinajstić information content (AvgIpc) is 2.68. The van der Waals surface area contributed by atoms with Gasteiger partial charge in [-0.3, -0.25) is 0 Å². The van der Waals surface area contributed by atoms with E-state index in [4.69, 9.17) is 9.84 Å². The summed E-state index contributed by atoms with van der Waals surface area (Å²) in [6.07, 6.45) is 0. The van der Waals surface area contributed by atoms with Crippen LogP contribution >= 0.6 is 11.5 Å². The van der Waals surface area contributed by atoms with Crippen molar-refractivity contribution in [3.63, 3.8) is 0 Å². The van der Waals surface area contributed by atoms with Crippen molar-refractivity contribution in [2.75, 3.05) is 31.2 Å². The molecule has 1 aliphatic heterocycles. The van der Waals surface area contributed by atoms with E-state index in [0.29, 0.717) is 13.2 Å².